The Morgan fingerprint density at radius 2 is 1.42 bits per heavy atom. The van der Waals surface area contributed by atoms with Gasteiger partial charge in [0.2, 0.25) is 0 Å². The summed E-state index contributed by atoms with van der Waals surface area (Å²) in [6.07, 6.45) is 0.277. The maximum absolute atomic E-state index is 12.0. The van der Waals surface area contributed by atoms with E-state index in [9.17, 15) is 4.79 Å². The number of carbonyl (C=O) groups excluding carboxylic acids is 1. The van der Waals surface area contributed by atoms with Gasteiger partial charge in [0.25, 0.3) is 0 Å². The number of benzene rings is 3. The molecule has 3 rings (SSSR count). The second-order valence-electron chi connectivity index (χ2n) is 5.49. The van der Waals surface area contributed by atoms with Crippen LogP contribution in [-0.2, 0) is 22.6 Å². The minimum atomic E-state index is -0.224. The Kier molecular flexibility index (Phi) is 5.44. The Balaban J connectivity index is 1.58. The molecule has 0 bridgehead atoms. The van der Waals surface area contributed by atoms with E-state index in [-0.39, 0.29) is 19.0 Å². The van der Waals surface area contributed by atoms with E-state index in [1.165, 1.54) is 5.56 Å². The van der Waals surface area contributed by atoms with Gasteiger partial charge in [-0.15, -0.1) is 0 Å². The molecule has 0 heterocycles. The summed E-state index contributed by atoms with van der Waals surface area (Å²) in [7, 11) is 0. The van der Waals surface area contributed by atoms with Gasteiger partial charge >= 0.3 is 5.97 Å². The molecule has 24 heavy (non-hydrogen) atoms. The number of hydrogen-bond donors (Lipinski definition) is 0. The quantitative estimate of drug-likeness (QED) is 0.553. The van der Waals surface area contributed by atoms with Crippen LogP contribution >= 0.6 is 15.9 Å². The van der Waals surface area contributed by atoms with Crippen molar-refractivity contribution in [3.63, 3.8) is 0 Å². The molecule has 0 aromatic heterocycles. The molecular formula is C21H17BrO2. The van der Waals surface area contributed by atoms with Crippen molar-refractivity contribution < 1.29 is 9.53 Å². The number of carbonyl (C=O) groups is 1. The number of halogens is 1. The lowest BCUT2D eigenvalue weighted by Crippen LogP contribution is -2.08. The average molecular weight is 381 g/mol. The van der Waals surface area contributed by atoms with Crippen LogP contribution in [0.15, 0.2) is 83.3 Å². The van der Waals surface area contributed by atoms with Crippen molar-refractivity contribution in [1.82, 2.24) is 0 Å². The highest BCUT2D eigenvalue weighted by atomic mass is 79.9. The second-order valence-corrected chi connectivity index (χ2v) is 6.35. The van der Waals surface area contributed by atoms with E-state index in [0.29, 0.717) is 0 Å². The van der Waals surface area contributed by atoms with Gasteiger partial charge in [0.1, 0.15) is 6.61 Å². The van der Waals surface area contributed by atoms with Gasteiger partial charge in [-0.2, -0.15) is 0 Å². The molecule has 0 fully saturated rings. The van der Waals surface area contributed by atoms with Crippen LogP contribution in [0.4, 0.5) is 0 Å². The first kappa shape index (κ1) is 16.5. The van der Waals surface area contributed by atoms with E-state index in [0.717, 1.165) is 21.2 Å². The first-order valence-corrected chi connectivity index (χ1v) is 8.55. The minimum absolute atomic E-state index is 0.224. The highest BCUT2D eigenvalue weighted by Gasteiger charge is 2.07. The van der Waals surface area contributed by atoms with E-state index < -0.39 is 0 Å². The normalized spacial score (nSPS) is 10.4. The summed E-state index contributed by atoms with van der Waals surface area (Å²) in [5, 5.41) is 0. The average Bonchev–Trinajstić information content (AvgIpc) is 2.62. The highest BCUT2D eigenvalue weighted by Crippen LogP contribution is 2.20. The maximum atomic E-state index is 12.0. The lowest BCUT2D eigenvalue weighted by molar-refractivity contribution is -0.144. The third-order valence-corrected chi connectivity index (χ3v) is 4.53. The van der Waals surface area contributed by atoms with E-state index >= 15 is 0 Å². The van der Waals surface area contributed by atoms with Crippen molar-refractivity contribution in [3.05, 3.63) is 94.5 Å². The van der Waals surface area contributed by atoms with Crippen molar-refractivity contribution in [2.24, 2.45) is 0 Å². The fraction of sp³-hybridized carbons (Fsp3) is 0.0952. The molecule has 0 saturated carbocycles. The van der Waals surface area contributed by atoms with E-state index in [4.69, 9.17) is 4.74 Å². The number of esters is 1. The molecule has 0 N–H and O–H groups in total. The van der Waals surface area contributed by atoms with Crippen molar-refractivity contribution in [2.45, 2.75) is 13.0 Å². The Labute approximate surface area is 150 Å². The van der Waals surface area contributed by atoms with Gasteiger partial charge in [-0.1, -0.05) is 88.7 Å². The third kappa shape index (κ3) is 4.33. The number of ether oxygens (including phenoxy) is 1. The van der Waals surface area contributed by atoms with E-state index in [1.807, 2.05) is 66.7 Å². The second kappa shape index (κ2) is 7.93. The SMILES string of the molecule is O=C(Cc1ccc(-c2ccccc2)cc1)OCc1ccccc1Br. The summed E-state index contributed by atoms with van der Waals surface area (Å²) in [6, 6.07) is 25.9. The van der Waals surface area contributed by atoms with E-state index in [2.05, 4.69) is 28.1 Å². The van der Waals surface area contributed by atoms with Gasteiger partial charge in [-0.25, -0.2) is 0 Å². The molecule has 0 unspecified atom stereocenters. The third-order valence-electron chi connectivity index (χ3n) is 3.76. The van der Waals surface area contributed by atoms with Crippen molar-refractivity contribution in [2.75, 3.05) is 0 Å². The van der Waals surface area contributed by atoms with Crippen LogP contribution in [0.3, 0.4) is 0 Å². The van der Waals surface area contributed by atoms with Crippen LogP contribution in [0.25, 0.3) is 11.1 Å². The smallest absolute Gasteiger partial charge is 0.310 e. The Bertz CT molecular complexity index is 811. The Morgan fingerprint density at radius 3 is 2.12 bits per heavy atom. The molecule has 0 radical (unpaired) electrons. The minimum Gasteiger partial charge on any atom is -0.461 e. The summed E-state index contributed by atoms with van der Waals surface area (Å²) in [5.41, 5.74) is 4.22. The van der Waals surface area contributed by atoms with Gasteiger partial charge < -0.3 is 4.74 Å². The largest absolute Gasteiger partial charge is 0.461 e. The Morgan fingerprint density at radius 1 is 0.792 bits per heavy atom. The molecular weight excluding hydrogens is 364 g/mol. The molecule has 0 aliphatic heterocycles. The molecule has 0 amide bonds. The molecule has 0 aliphatic rings. The van der Waals surface area contributed by atoms with E-state index in [1.54, 1.807) is 0 Å². The lowest BCUT2D eigenvalue weighted by Gasteiger charge is -2.07. The van der Waals surface area contributed by atoms with Crippen molar-refractivity contribution in [1.29, 1.82) is 0 Å². The summed E-state index contributed by atoms with van der Waals surface area (Å²) >= 11 is 3.45. The predicted octanol–water partition coefficient (Wildman–Crippen LogP) is 5.40. The van der Waals surface area contributed by atoms with Crippen LogP contribution in [0.2, 0.25) is 0 Å². The van der Waals surface area contributed by atoms with Gasteiger partial charge in [0.15, 0.2) is 0 Å². The predicted molar refractivity (Wildman–Crippen MR) is 99.5 cm³/mol. The summed E-state index contributed by atoms with van der Waals surface area (Å²) in [5.74, 6) is -0.224. The molecule has 0 aliphatic carbocycles. The molecule has 2 nitrogen and oxygen atoms in total. The van der Waals surface area contributed by atoms with Crippen LogP contribution in [0, 0.1) is 0 Å². The molecule has 3 aromatic rings. The van der Waals surface area contributed by atoms with Gasteiger partial charge in [0.05, 0.1) is 6.42 Å². The molecule has 120 valence electrons. The van der Waals surface area contributed by atoms with Crippen LogP contribution in [0.5, 0.6) is 0 Å². The topological polar surface area (TPSA) is 26.3 Å². The maximum Gasteiger partial charge on any atom is 0.310 e. The zero-order valence-electron chi connectivity index (χ0n) is 13.1. The summed E-state index contributed by atoms with van der Waals surface area (Å²) in [6.45, 7) is 0.280. The van der Waals surface area contributed by atoms with Crippen molar-refractivity contribution in [3.8, 4) is 11.1 Å². The summed E-state index contributed by atoms with van der Waals surface area (Å²) in [4.78, 5) is 12.0. The van der Waals surface area contributed by atoms with Crippen LogP contribution in [-0.4, -0.2) is 5.97 Å². The fourth-order valence-corrected chi connectivity index (χ4v) is 2.84. The highest BCUT2D eigenvalue weighted by molar-refractivity contribution is 9.10. The molecule has 0 saturated heterocycles. The van der Waals surface area contributed by atoms with Gasteiger partial charge in [-0.05, 0) is 22.8 Å². The van der Waals surface area contributed by atoms with Gasteiger partial charge in [-0.3, -0.25) is 4.79 Å². The Hall–Kier alpha value is -2.39. The molecule has 0 spiro atoms. The zero-order chi connectivity index (χ0) is 16.8. The first-order chi connectivity index (χ1) is 11.7. The zero-order valence-corrected chi connectivity index (χ0v) is 14.7. The number of hydrogen-bond acceptors (Lipinski definition) is 2. The molecule has 0 atom stereocenters. The molecule has 3 heteroatoms. The molecule has 3 aromatic carbocycles. The standard InChI is InChI=1S/C21H17BrO2/c22-20-9-5-4-8-19(20)15-24-21(23)14-16-10-12-18(13-11-16)17-6-2-1-3-7-17/h1-13H,14-15H2. The van der Waals surface area contributed by atoms with Crippen LogP contribution < -0.4 is 0 Å². The first-order valence-electron chi connectivity index (χ1n) is 7.76. The number of rotatable bonds is 5. The van der Waals surface area contributed by atoms with Crippen LogP contribution in [0.1, 0.15) is 11.1 Å². The lowest BCUT2D eigenvalue weighted by atomic mass is 10.0. The monoisotopic (exact) mass is 380 g/mol. The fourth-order valence-electron chi connectivity index (χ4n) is 2.44. The van der Waals surface area contributed by atoms with Crippen molar-refractivity contribution >= 4 is 21.9 Å². The summed E-state index contributed by atoms with van der Waals surface area (Å²) < 4.78 is 6.31. The van der Waals surface area contributed by atoms with Gasteiger partial charge in [0, 0.05) is 10.0 Å².